The molecular formula is C44H50N2+2. The molecule has 2 nitrogen and oxygen atoms in total. The van der Waals surface area contributed by atoms with Crippen molar-refractivity contribution in [2.24, 2.45) is 0 Å². The van der Waals surface area contributed by atoms with E-state index >= 15 is 0 Å². The number of aryl methyl sites for hydroxylation is 3. The fourth-order valence-electron chi connectivity index (χ4n) is 9.30. The van der Waals surface area contributed by atoms with Crippen LogP contribution in [-0.2, 0) is 23.9 Å². The van der Waals surface area contributed by atoms with E-state index in [1.807, 2.05) is 0 Å². The zero-order valence-corrected chi connectivity index (χ0v) is 28.7. The molecule has 3 aromatic carbocycles. The summed E-state index contributed by atoms with van der Waals surface area (Å²) in [5.74, 6) is 0.393. The zero-order valence-electron chi connectivity index (χ0n) is 28.7. The van der Waals surface area contributed by atoms with Crippen LogP contribution in [0.3, 0.4) is 0 Å². The van der Waals surface area contributed by atoms with Crippen LogP contribution in [0.25, 0.3) is 33.6 Å². The number of fused-ring (bicyclic) bond motifs is 6. The lowest BCUT2D eigenvalue weighted by molar-refractivity contribution is -0.771. The number of pyridine rings is 2. The van der Waals surface area contributed by atoms with Gasteiger partial charge in [-0.2, -0.15) is 9.13 Å². The predicted octanol–water partition coefficient (Wildman–Crippen LogP) is 10.2. The van der Waals surface area contributed by atoms with Crippen molar-refractivity contribution in [3.63, 3.8) is 0 Å². The Labute approximate surface area is 276 Å². The molecule has 2 aromatic heterocycles. The molecule has 2 heteroatoms. The van der Waals surface area contributed by atoms with Crippen molar-refractivity contribution in [3.8, 4) is 33.6 Å². The summed E-state index contributed by atoms with van der Waals surface area (Å²) in [6, 6.07) is 37.1. The normalized spacial score (nSPS) is 21.2. The van der Waals surface area contributed by atoms with E-state index in [0.29, 0.717) is 5.92 Å². The summed E-state index contributed by atoms with van der Waals surface area (Å²) in [5.41, 5.74) is 15.3. The van der Waals surface area contributed by atoms with E-state index in [-0.39, 0.29) is 11.0 Å². The van der Waals surface area contributed by atoms with Gasteiger partial charge in [0.15, 0.2) is 24.0 Å². The molecule has 0 bridgehead atoms. The van der Waals surface area contributed by atoms with Gasteiger partial charge in [0.05, 0.1) is 11.0 Å². The van der Waals surface area contributed by atoms with E-state index in [4.69, 9.17) is 0 Å². The molecule has 0 radical (unpaired) electrons. The Balaban J connectivity index is 1.41. The molecular weight excluding hydrogens is 556 g/mol. The maximum atomic E-state index is 2.73. The summed E-state index contributed by atoms with van der Waals surface area (Å²) in [7, 11) is 0. The second kappa shape index (κ2) is 12.0. The van der Waals surface area contributed by atoms with Gasteiger partial charge < -0.3 is 0 Å². The van der Waals surface area contributed by atoms with Crippen molar-refractivity contribution >= 4 is 0 Å². The monoisotopic (exact) mass is 606 g/mol. The lowest BCUT2D eigenvalue weighted by atomic mass is 9.55. The van der Waals surface area contributed by atoms with Gasteiger partial charge in [0, 0.05) is 55.5 Å². The van der Waals surface area contributed by atoms with Crippen molar-refractivity contribution in [2.75, 3.05) is 0 Å². The molecule has 0 spiro atoms. The Hall–Kier alpha value is -4.04. The van der Waals surface area contributed by atoms with Gasteiger partial charge in [-0.05, 0) is 78.6 Å². The maximum absolute atomic E-state index is 2.73. The smallest absolute Gasteiger partial charge is 0.197 e. The first-order valence-corrected chi connectivity index (χ1v) is 17.7. The van der Waals surface area contributed by atoms with Crippen LogP contribution in [0.4, 0.5) is 0 Å². The summed E-state index contributed by atoms with van der Waals surface area (Å²) in [5, 5.41) is 0. The van der Waals surface area contributed by atoms with Crippen LogP contribution >= 0.6 is 0 Å². The highest BCUT2D eigenvalue weighted by molar-refractivity contribution is 5.71. The lowest BCUT2D eigenvalue weighted by Gasteiger charge is -2.50. The van der Waals surface area contributed by atoms with Crippen LogP contribution in [0.1, 0.15) is 93.7 Å². The molecule has 46 heavy (non-hydrogen) atoms. The molecule has 3 unspecified atom stereocenters. The number of aromatic nitrogens is 2. The summed E-state index contributed by atoms with van der Waals surface area (Å²) < 4.78 is 5.30. The van der Waals surface area contributed by atoms with E-state index < -0.39 is 0 Å². The van der Waals surface area contributed by atoms with Gasteiger partial charge in [0.1, 0.15) is 0 Å². The summed E-state index contributed by atoms with van der Waals surface area (Å²) in [4.78, 5) is 0. The van der Waals surface area contributed by atoms with Crippen molar-refractivity contribution in [3.05, 3.63) is 131 Å². The van der Waals surface area contributed by atoms with Crippen LogP contribution in [0.5, 0.6) is 0 Å². The number of rotatable bonds is 8. The van der Waals surface area contributed by atoms with Crippen molar-refractivity contribution < 1.29 is 9.13 Å². The maximum Gasteiger partial charge on any atom is 0.213 e. The van der Waals surface area contributed by atoms with Gasteiger partial charge in [0.2, 0.25) is 11.4 Å². The van der Waals surface area contributed by atoms with Gasteiger partial charge in [-0.3, -0.25) is 0 Å². The molecule has 234 valence electrons. The molecule has 7 rings (SSSR count). The van der Waals surface area contributed by atoms with Crippen molar-refractivity contribution in [1.82, 2.24) is 0 Å². The third kappa shape index (κ3) is 4.67. The Kier molecular flexibility index (Phi) is 7.96. The first-order valence-electron chi connectivity index (χ1n) is 17.7. The van der Waals surface area contributed by atoms with Crippen LogP contribution in [-0.4, -0.2) is 0 Å². The molecule has 3 atom stereocenters. The van der Waals surface area contributed by atoms with Crippen LogP contribution < -0.4 is 9.13 Å². The van der Waals surface area contributed by atoms with Gasteiger partial charge in [-0.1, -0.05) is 87.9 Å². The third-order valence-electron chi connectivity index (χ3n) is 11.8. The standard InChI is InChI=1S/C44H50N2/c1-7-10-18-33-24-25-40-38(27-33)41-23-16-17-32(5)46(41)43(6,8-2)44(40,9-3)28-35-29-45-30-39(34-19-12-11-13-20-34)31(4)26-42(45)37-22-15-14-21-36(35)37/h11-17,19-27,30,35H,7-10,18,28-29H2,1-6H3/q+2. The van der Waals surface area contributed by atoms with Crippen LogP contribution in [0.15, 0.2) is 103 Å². The summed E-state index contributed by atoms with van der Waals surface area (Å²) in [6.45, 7) is 15.3. The Bertz CT molecular complexity index is 1900. The fraction of sp³-hybridized carbons (Fsp3) is 0.364. The Morgan fingerprint density at radius 2 is 1.52 bits per heavy atom. The number of nitrogens with zero attached hydrogens (tertiary/aromatic N) is 2. The van der Waals surface area contributed by atoms with Crippen LogP contribution in [0.2, 0.25) is 0 Å². The Morgan fingerprint density at radius 3 is 2.28 bits per heavy atom. The SMILES string of the molecule is CCCCc1ccc2c(c1)-c1cccc(C)[n+]1C(C)(CC)C2(CC)CC1C[n+]2cc(-c3ccccc3)c(C)cc2-c2ccccc21. The second-order valence-corrected chi connectivity index (χ2v) is 14.2. The quantitative estimate of drug-likeness (QED) is 0.155. The van der Waals surface area contributed by atoms with E-state index in [0.717, 1.165) is 32.2 Å². The molecule has 0 fully saturated rings. The van der Waals surface area contributed by atoms with Gasteiger partial charge >= 0.3 is 0 Å². The molecule has 0 saturated heterocycles. The van der Waals surface area contributed by atoms with E-state index in [1.54, 1.807) is 5.56 Å². The summed E-state index contributed by atoms with van der Waals surface area (Å²) >= 11 is 0. The Morgan fingerprint density at radius 1 is 0.739 bits per heavy atom. The van der Waals surface area contributed by atoms with E-state index in [1.165, 1.54) is 68.9 Å². The molecule has 0 saturated carbocycles. The van der Waals surface area contributed by atoms with E-state index in [9.17, 15) is 0 Å². The van der Waals surface area contributed by atoms with Crippen molar-refractivity contribution in [2.45, 2.75) is 103 Å². The molecule has 2 aliphatic rings. The average molecular weight is 607 g/mol. The molecule has 0 aliphatic carbocycles. The molecule has 2 aliphatic heterocycles. The molecule has 5 aromatic rings. The number of unbranched alkanes of at least 4 members (excludes halogenated alkanes) is 1. The zero-order chi connectivity index (χ0) is 32.1. The van der Waals surface area contributed by atoms with Crippen LogP contribution in [0, 0.1) is 13.8 Å². The van der Waals surface area contributed by atoms with Gasteiger partial charge in [-0.15, -0.1) is 0 Å². The molecule has 4 heterocycles. The van der Waals surface area contributed by atoms with Crippen molar-refractivity contribution in [1.29, 1.82) is 0 Å². The number of benzene rings is 3. The third-order valence-corrected chi connectivity index (χ3v) is 11.8. The highest BCUT2D eigenvalue weighted by Gasteiger charge is 2.60. The van der Waals surface area contributed by atoms with E-state index in [2.05, 4.69) is 154 Å². The molecule has 0 N–H and O–H groups in total. The topological polar surface area (TPSA) is 7.76 Å². The van der Waals surface area contributed by atoms with Gasteiger partial charge in [-0.25, -0.2) is 0 Å². The molecule has 0 amide bonds. The summed E-state index contributed by atoms with van der Waals surface area (Å²) in [6.07, 6.45) is 9.32. The minimum atomic E-state index is -0.0667. The fourth-order valence-corrected chi connectivity index (χ4v) is 9.30. The number of hydrogen-bond donors (Lipinski definition) is 0. The first kappa shape index (κ1) is 30.6. The highest BCUT2D eigenvalue weighted by Crippen LogP contribution is 2.55. The number of hydrogen-bond acceptors (Lipinski definition) is 0. The predicted molar refractivity (Wildman–Crippen MR) is 191 cm³/mol. The van der Waals surface area contributed by atoms with Gasteiger partial charge in [0.25, 0.3) is 0 Å². The average Bonchev–Trinajstić information content (AvgIpc) is 3.09. The minimum absolute atomic E-state index is 0.0348. The second-order valence-electron chi connectivity index (χ2n) is 14.2. The minimum Gasteiger partial charge on any atom is -0.197 e. The largest absolute Gasteiger partial charge is 0.213 e. The highest BCUT2D eigenvalue weighted by atomic mass is 15.1. The lowest BCUT2D eigenvalue weighted by Crippen LogP contribution is -2.70. The first-order chi connectivity index (χ1) is 22.3.